The molecule has 0 aliphatic carbocycles. The third kappa shape index (κ3) is 4.83. The Kier molecular flexibility index (Phi) is 4.63. The number of nitrogens with zero attached hydrogens (tertiary/aromatic N) is 1. The number of nitrogens with one attached hydrogen (secondary N) is 1. The number of aromatic nitrogens is 1. The quantitative estimate of drug-likeness (QED) is 0.905. The van der Waals surface area contributed by atoms with Crippen LogP contribution in [0.1, 0.15) is 26.5 Å². The van der Waals surface area contributed by atoms with Gasteiger partial charge in [-0.3, -0.25) is 0 Å². The minimum absolute atomic E-state index is 0.0610. The van der Waals surface area contributed by atoms with Gasteiger partial charge in [0.1, 0.15) is 5.75 Å². The third-order valence-corrected chi connectivity index (χ3v) is 2.83. The van der Waals surface area contributed by atoms with Gasteiger partial charge in [-0.05, 0) is 45.0 Å². The smallest absolute Gasteiger partial charge is 0.219 e. The van der Waals surface area contributed by atoms with Gasteiger partial charge in [-0.25, -0.2) is 4.98 Å². The first-order valence-electron chi connectivity index (χ1n) is 6.57. The SMILES string of the molecule is CC(C)(C)NCc1cccc(Oc2cccc(Cl)c2)n1. The van der Waals surface area contributed by atoms with Gasteiger partial charge >= 0.3 is 0 Å². The van der Waals surface area contributed by atoms with Crippen molar-refractivity contribution in [3.63, 3.8) is 0 Å². The molecule has 0 amide bonds. The van der Waals surface area contributed by atoms with Crippen LogP contribution in [-0.2, 0) is 6.54 Å². The van der Waals surface area contributed by atoms with Crippen molar-refractivity contribution in [2.24, 2.45) is 0 Å². The summed E-state index contributed by atoms with van der Waals surface area (Å²) in [5, 5.41) is 4.05. The predicted octanol–water partition coefficient (Wildman–Crippen LogP) is 4.42. The molecule has 0 spiro atoms. The Balaban J connectivity index is 2.06. The van der Waals surface area contributed by atoms with Crippen molar-refractivity contribution >= 4 is 11.6 Å². The van der Waals surface area contributed by atoms with Crippen molar-refractivity contribution in [3.8, 4) is 11.6 Å². The second-order valence-corrected chi connectivity index (χ2v) is 6.07. The summed E-state index contributed by atoms with van der Waals surface area (Å²) < 4.78 is 5.71. The molecule has 0 radical (unpaired) electrons. The van der Waals surface area contributed by atoms with E-state index in [1.54, 1.807) is 6.07 Å². The lowest BCUT2D eigenvalue weighted by molar-refractivity contribution is 0.416. The summed E-state index contributed by atoms with van der Waals surface area (Å²) in [5.41, 5.74) is 1.00. The third-order valence-electron chi connectivity index (χ3n) is 2.60. The highest BCUT2D eigenvalue weighted by molar-refractivity contribution is 6.30. The molecule has 1 heterocycles. The van der Waals surface area contributed by atoms with E-state index in [4.69, 9.17) is 16.3 Å². The molecule has 0 aliphatic heterocycles. The fourth-order valence-corrected chi connectivity index (χ4v) is 1.80. The molecular weight excluding hydrogens is 272 g/mol. The number of rotatable bonds is 4. The summed E-state index contributed by atoms with van der Waals surface area (Å²) in [6.07, 6.45) is 0. The van der Waals surface area contributed by atoms with E-state index in [9.17, 15) is 0 Å². The molecule has 2 rings (SSSR count). The van der Waals surface area contributed by atoms with E-state index in [-0.39, 0.29) is 5.54 Å². The van der Waals surface area contributed by atoms with Crippen LogP contribution in [0.3, 0.4) is 0 Å². The van der Waals surface area contributed by atoms with E-state index >= 15 is 0 Å². The lowest BCUT2D eigenvalue weighted by Gasteiger charge is -2.20. The van der Waals surface area contributed by atoms with Gasteiger partial charge in [0.25, 0.3) is 0 Å². The van der Waals surface area contributed by atoms with E-state index in [1.807, 2.05) is 36.4 Å². The molecule has 1 aromatic heterocycles. The highest BCUT2D eigenvalue weighted by atomic mass is 35.5. The highest BCUT2D eigenvalue weighted by Gasteiger charge is 2.09. The van der Waals surface area contributed by atoms with Crippen molar-refractivity contribution in [3.05, 3.63) is 53.2 Å². The summed E-state index contributed by atoms with van der Waals surface area (Å²) in [5.74, 6) is 1.26. The lowest BCUT2D eigenvalue weighted by Crippen LogP contribution is -2.35. The Labute approximate surface area is 124 Å². The molecule has 0 aliphatic rings. The van der Waals surface area contributed by atoms with Crippen molar-refractivity contribution in [2.45, 2.75) is 32.9 Å². The van der Waals surface area contributed by atoms with Crippen molar-refractivity contribution < 1.29 is 4.74 Å². The lowest BCUT2D eigenvalue weighted by atomic mass is 10.1. The molecule has 0 atom stereocenters. The van der Waals surface area contributed by atoms with Gasteiger partial charge in [0, 0.05) is 23.2 Å². The number of halogens is 1. The standard InChI is InChI=1S/C16H19ClN2O/c1-16(2,3)18-11-13-7-5-9-15(19-13)20-14-8-4-6-12(17)10-14/h4-10,18H,11H2,1-3H3. The number of benzene rings is 1. The summed E-state index contributed by atoms with van der Waals surface area (Å²) >= 11 is 5.93. The fraction of sp³-hybridized carbons (Fsp3) is 0.312. The molecule has 1 N–H and O–H groups in total. The second-order valence-electron chi connectivity index (χ2n) is 5.63. The Morgan fingerprint density at radius 1 is 1.15 bits per heavy atom. The van der Waals surface area contributed by atoms with E-state index in [2.05, 4.69) is 31.1 Å². The van der Waals surface area contributed by atoms with Gasteiger partial charge in [-0.15, -0.1) is 0 Å². The van der Waals surface area contributed by atoms with Crippen LogP contribution in [0.25, 0.3) is 0 Å². The Morgan fingerprint density at radius 3 is 2.60 bits per heavy atom. The molecule has 0 saturated carbocycles. The zero-order valence-electron chi connectivity index (χ0n) is 12.0. The topological polar surface area (TPSA) is 34.1 Å². The van der Waals surface area contributed by atoms with E-state index in [0.29, 0.717) is 23.2 Å². The highest BCUT2D eigenvalue weighted by Crippen LogP contribution is 2.22. The van der Waals surface area contributed by atoms with E-state index in [1.165, 1.54) is 0 Å². The first-order valence-corrected chi connectivity index (χ1v) is 6.94. The van der Waals surface area contributed by atoms with Gasteiger partial charge in [0.15, 0.2) is 0 Å². The number of ether oxygens (including phenoxy) is 1. The summed E-state index contributed by atoms with van der Waals surface area (Å²) in [6, 6.07) is 13.0. The average Bonchev–Trinajstić information content (AvgIpc) is 2.36. The zero-order valence-corrected chi connectivity index (χ0v) is 12.7. The molecule has 106 valence electrons. The van der Waals surface area contributed by atoms with Crippen LogP contribution in [0.4, 0.5) is 0 Å². The fourth-order valence-electron chi connectivity index (χ4n) is 1.62. The van der Waals surface area contributed by atoms with Crippen molar-refractivity contribution in [2.75, 3.05) is 0 Å². The first kappa shape index (κ1) is 14.8. The molecule has 4 heteroatoms. The minimum Gasteiger partial charge on any atom is -0.439 e. The minimum atomic E-state index is 0.0610. The van der Waals surface area contributed by atoms with Crippen LogP contribution in [0.15, 0.2) is 42.5 Å². The van der Waals surface area contributed by atoms with Crippen LogP contribution >= 0.6 is 11.6 Å². The number of hydrogen-bond donors (Lipinski definition) is 1. The van der Waals surface area contributed by atoms with E-state index < -0.39 is 0 Å². The van der Waals surface area contributed by atoms with Crippen LogP contribution in [0.2, 0.25) is 5.02 Å². The summed E-state index contributed by atoms with van der Waals surface area (Å²) in [6.45, 7) is 7.08. The summed E-state index contributed by atoms with van der Waals surface area (Å²) in [4.78, 5) is 4.47. The zero-order chi connectivity index (χ0) is 14.6. The Bertz CT molecular complexity index is 579. The maximum Gasteiger partial charge on any atom is 0.219 e. The molecule has 1 aromatic carbocycles. The van der Waals surface area contributed by atoms with Crippen LogP contribution < -0.4 is 10.1 Å². The Hall–Kier alpha value is -1.58. The molecule has 0 bridgehead atoms. The van der Waals surface area contributed by atoms with Gasteiger partial charge < -0.3 is 10.1 Å². The predicted molar refractivity (Wildman–Crippen MR) is 82.4 cm³/mol. The molecule has 2 aromatic rings. The van der Waals surface area contributed by atoms with Gasteiger partial charge in [0.05, 0.1) is 5.69 Å². The van der Waals surface area contributed by atoms with Crippen LogP contribution in [0, 0.1) is 0 Å². The van der Waals surface area contributed by atoms with Gasteiger partial charge in [-0.2, -0.15) is 0 Å². The second kappa shape index (κ2) is 6.25. The first-order chi connectivity index (χ1) is 9.42. The van der Waals surface area contributed by atoms with Crippen LogP contribution in [-0.4, -0.2) is 10.5 Å². The maximum atomic E-state index is 5.93. The Morgan fingerprint density at radius 2 is 1.90 bits per heavy atom. The van der Waals surface area contributed by atoms with Crippen molar-refractivity contribution in [1.82, 2.24) is 10.3 Å². The summed E-state index contributed by atoms with van der Waals surface area (Å²) in [7, 11) is 0. The van der Waals surface area contributed by atoms with Gasteiger partial charge in [0.2, 0.25) is 5.88 Å². The molecule has 0 saturated heterocycles. The van der Waals surface area contributed by atoms with Crippen molar-refractivity contribution in [1.29, 1.82) is 0 Å². The number of pyridine rings is 1. The molecule has 3 nitrogen and oxygen atoms in total. The molecule has 0 fully saturated rings. The van der Waals surface area contributed by atoms with E-state index in [0.717, 1.165) is 5.69 Å². The molecule has 0 unspecified atom stereocenters. The van der Waals surface area contributed by atoms with Crippen LogP contribution in [0.5, 0.6) is 11.6 Å². The monoisotopic (exact) mass is 290 g/mol. The molecule has 20 heavy (non-hydrogen) atoms. The maximum absolute atomic E-state index is 5.93. The average molecular weight is 291 g/mol. The number of hydrogen-bond acceptors (Lipinski definition) is 3. The largest absolute Gasteiger partial charge is 0.439 e. The normalized spacial score (nSPS) is 11.4. The molecular formula is C16H19ClN2O. The van der Waals surface area contributed by atoms with Gasteiger partial charge in [-0.1, -0.05) is 23.7 Å².